The Labute approximate surface area is 199 Å². The van der Waals surface area contributed by atoms with Gasteiger partial charge in [0.15, 0.2) is 0 Å². The number of likely N-dealkylation sites (tertiary alicyclic amines) is 1. The predicted octanol–water partition coefficient (Wildman–Crippen LogP) is 6.02. The van der Waals surface area contributed by atoms with Gasteiger partial charge in [-0.1, -0.05) is 47.0 Å². The van der Waals surface area contributed by atoms with Crippen molar-refractivity contribution in [3.63, 3.8) is 0 Å². The third-order valence-electron chi connectivity index (χ3n) is 6.14. The molecule has 172 valence electrons. The van der Waals surface area contributed by atoms with E-state index in [1.54, 1.807) is 11.3 Å². The van der Waals surface area contributed by atoms with Crippen molar-refractivity contribution in [3.05, 3.63) is 15.4 Å². The molecule has 7 heteroatoms. The highest BCUT2D eigenvalue weighted by Crippen LogP contribution is 2.40. The Kier molecular flexibility index (Phi) is 10.5. The fourth-order valence-corrected chi connectivity index (χ4v) is 6.17. The second-order valence-electron chi connectivity index (χ2n) is 8.52. The topological polar surface area (TPSA) is 64.4 Å². The van der Waals surface area contributed by atoms with Gasteiger partial charge in [-0.3, -0.25) is 14.5 Å². The molecule has 2 rings (SSSR count). The molecule has 1 aromatic heterocycles. The molecular formula is C24H36BrN3O2S. The van der Waals surface area contributed by atoms with Crippen molar-refractivity contribution in [3.8, 4) is 6.07 Å². The SMILES string of the molecule is CCCCN1C(=O)C(C#N)C(C)C(Cc2cc(Br)c(N(CCCC)CCCC)s2)C1=O. The van der Waals surface area contributed by atoms with Crippen LogP contribution in [0.25, 0.3) is 0 Å². The minimum Gasteiger partial charge on any atom is -0.363 e. The number of unbranched alkanes of at least 4 members (excludes halogenated alkanes) is 3. The summed E-state index contributed by atoms with van der Waals surface area (Å²) in [5, 5.41) is 10.8. The van der Waals surface area contributed by atoms with E-state index in [0.717, 1.165) is 61.0 Å². The lowest BCUT2D eigenvalue weighted by Gasteiger charge is -2.37. The largest absolute Gasteiger partial charge is 0.363 e. The van der Waals surface area contributed by atoms with Gasteiger partial charge in [0.2, 0.25) is 11.8 Å². The molecule has 1 aromatic rings. The highest BCUT2D eigenvalue weighted by molar-refractivity contribution is 9.10. The average molecular weight is 511 g/mol. The number of halogens is 1. The standard InChI is InChI=1S/C24H36BrN3O2S/c1-5-8-11-27(12-9-6-2)24-21(25)15-18(31-24)14-19-17(4)20(16-26)23(30)28(22(19)29)13-10-7-3/h15,17,19-20H,5-14H2,1-4H3. The average Bonchev–Trinajstić information content (AvgIpc) is 3.11. The Balaban J connectivity index is 2.25. The Bertz CT molecular complexity index is 780. The van der Waals surface area contributed by atoms with Crippen LogP contribution in [-0.4, -0.2) is 36.3 Å². The summed E-state index contributed by atoms with van der Waals surface area (Å²) >= 11 is 5.48. The van der Waals surface area contributed by atoms with E-state index in [1.807, 2.05) is 13.8 Å². The number of nitriles is 1. The summed E-state index contributed by atoms with van der Waals surface area (Å²) in [7, 11) is 0. The van der Waals surface area contributed by atoms with Gasteiger partial charge in [-0.05, 0) is 53.6 Å². The van der Waals surface area contributed by atoms with Crippen molar-refractivity contribution >= 4 is 44.1 Å². The van der Waals surface area contributed by atoms with Crippen LogP contribution in [0.4, 0.5) is 5.00 Å². The van der Waals surface area contributed by atoms with Crippen LogP contribution in [-0.2, 0) is 16.0 Å². The van der Waals surface area contributed by atoms with E-state index in [9.17, 15) is 14.9 Å². The summed E-state index contributed by atoms with van der Waals surface area (Å²) in [6.07, 6.45) is 6.87. The molecule has 1 aliphatic heterocycles. The molecule has 0 radical (unpaired) electrons. The number of carbonyl (C=O) groups excluding carboxylic acids is 2. The van der Waals surface area contributed by atoms with Crippen molar-refractivity contribution in [2.24, 2.45) is 17.8 Å². The third kappa shape index (κ3) is 6.32. The van der Waals surface area contributed by atoms with E-state index in [4.69, 9.17) is 0 Å². The first-order valence-electron chi connectivity index (χ1n) is 11.7. The third-order valence-corrected chi connectivity index (χ3v) is 8.23. The fourth-order valence-electron chi connectivity index (χ4n) is 4.09. The number of hydrogen-bond acceptors (Lipinski definition) is 5. The van der Waals surface area contributed by atoms with Gasteiger partial charge in [-0.15, -0.1) is 11.3 Å². The van der Waals surface area contributed by atoms with Crippen molar-refractivity contribution in [1.82, 2.24) is 4.90 Å². The number of nitrogens with zero attached hydrogens (tertiary/aromatic N) is 3. The van der Waals surface area contributed by atoms with Gasteiger partial charge in [0.25, 0.3) is 0 Å². The van der Waals surface area contributed by atoms with E-state index in [0.29, 0.717) is 13.0 Å². The number of rotatable bonds is 12. The number of amides is 2. The number of imide groups is 1. The second-order valence-corrected chi connectivity index (χ2v) is 10.5. The van der Waals surface area contributed by atoms with E-state index >= 15 is 0 Å². The quantitative estimate of drug-likeness (QED) is 0.323. The van der Waals surface area contributed by atoms with E-state index in [2.05, 4.69) is 46.8 Å². The maximum atomic E-state index is 13.2. The molecule has 0 aromatic carbocycles. The smallest absolute Gasteiger partial charge is 0.246 e. The summed E-state index contributed by atoms with van der Waals surface area (Å²) in [5.74, 6) is -1.78. The normalized spacial score (nSPS) is 21.4. The summed E-state index contributed by atoms with van der Waals surface area (Å²) in [5.41, 5.74) is 0. The zero-order valence-corrected chi connectivity index (χ0v) is 21.7. The Morgan fingerprint density at radius 1 is 1.10 bits per heavy atom. The van der Waals surface area contributed by atoms with Gasteiger partial charge in [-0.2, -0.15) is 5.26 Å². The molecule has 0 spiro atoms. The molecule has 5 nitrogen and oxygen atoms in total. The van der Waals surface area contributed by atoms with Crippen LogP contribution < -0.4 is 4.90 Å². The van der Waals surface area contributed by atoms with Crippen molar-refractivity contribution in [1.29, 1.82) is 5.26 Å². The van der Waals surface area contributed by atoms with Crippen LogP contribution in [0.15, 0.2) is 10.5 Å². The summed E-state index contributed by atoms with van der Waals surface area (Å²) in [4.78, 5) is 30.8. The van der Waals surface area contributed by atoms with Gasteiger partial charge in [-0.25, -0.2) is 0 Å². The maximum absolute atomic E-state index is 13.2. The van der Waals surface area contributed by atoms with E-state index < -0.39 is 5.92 Å². The van der Waals surface area contributed by atoms with Crippen LogP contribution >= 0.6 is 27.3 Å². The zero-order chi connectivity index (χ0) is 23.0. The number of carbonyl (C=O) groups is 2. The van der Waals surface area contributed by atoms with Crippen LogP contribution in [0.5, 0.6) is 0 Å². The molecule has 0 N–H and O–H groups in total. The molecule has 31 heavy (non-hydrogen) atoms. The summed E-state index contributed by atoms with van der Waals surface area (Å²) in [6, 6.07) is 4.29. The van der Waals surface area contributed by atoms with Crippen LogP contribution in [0, 0.1) is 29.1 Å². The lowest BCUT2D eigenvalue weighted by Crippen LogP contribution is -2.54. The van der Waals surface area contributed by atoms with Crippen molar-refractivity contribution in [2.45, 2.75) is 72.6 Å². The van der Waals surface area contributed by atoms with Gasteiger partial charge in [0.05, 0.1) is 10.5 Å². The van der Waals surface area contributed by atoms with E-state index in [-0.39, 0.29) is 23.7 Å². The lowest BCUT2D eigenvalue weighted by molar-refractivity contribution is -0.157. The van der Waals surface area contributed by atoms with Crippen molar-refractivity contribution in [2.75, 3.05) is 24.5 Å². The zero-order valence-electron chi connectivity index (χ0n) is 19.3. The summed E-state index contributed by atoms with van der Waals surface area (Å²) < 4.78 is 1.08. The van der Waals surface area contributed by atoms with Crippen molar-refractivity contribution < 1.29 is 9.59 Å². The first-order valence-corrected chi connectivity index (χ1v) is 13.3. The lowest BCUT2D eigenvalue weighted by atomic mass is 9.76. The summed E-state index contributed by atoms with van der Waals surface area (Å²) in [6.45, 7) is 10.8. The molecule has 1 saturated heterocycles. The first-order chi connectivity index (χ1) is 14.9. The van der Waals surface area contributed by atoms with E-state index in [1.165, 1.54) is 9.90 Å². The number of hydrogen-bond donors (Lipinski definition) is 0. The molecule has 2 heterocycles. The fraction of sp³-hybridized carbons (Fsp3) is 0.708. The molecule has 1 fully saturated rings. The molecular weight excluding hydrogens is 474 g/mol. The van der Waals surface area contributed by atoms with Gasteiger partial charge >= 0.3 is 0 Å². The van der Waals surface area contributed by atoms with Crippen LogP contribution in [0.1, 0.15) is 71.1 Å². The Hall–Kier alpha value is -1.39. The maximum Gasteiger partial charge on any atom is 0.246 e. The number of anilines is 1. The highest BCUT2D eigenvalue weighted by Gasteiger charge is 2.46. The minimum absolute atomic E-state index is 0.114. The molecule has 2 amide bonds. The minimum atomic E-state index is -0.743. The predicted molar refractivity (Wildman–Crippen MR) is 131 cm³/mol. The molecule has 3 unspecified atom stereocenters. The number of thiophene rings is 1. The van der Waals surface area contributed by atoms with Gasteiger partial charge < -0.3 is 4.90 Å². The first kappa shape index (κ1) is 25.9. The number of piperidine rings is 1. The van der Waals surface area contributed by atoms with Gasteiger partial charge in [0.1, 0.15) is 10.9 Å². The molecule has 1 aliphatic rings. The molecule has 0 saturated carbocycles. The Morgan fingerprint density at radius 2 is 1.71 bits per heavy atom. The van der Waals surface area contributed by atoms with Crippen LogP contribution in [0.2, 0.25) is 0 Å². The second kappa shape index (κ2) is 12.6. The molecule has 0 bridgehead atoms. The van der Waals surface area contributed by atoms with Gasteiger partial charge in [0, 0.05) is 30.4 Å². The highest BCUT2D eigenvalue weighted by atomic mass is 79.9. The molecule has 0 aliphatic carbocycles. The monoisotopic (exact) mass is 509 g/mol. The Morgan fingerprint density at radius 3 is 2.26 bits per heavy atom. The molecule has 3 atom stereocenters. The van der Waals surface area contributed by atoms with Crippen LogP contribution in [0.3, 0.4) is 0 Å².